The highest BCUT2D eigenvalue weighted by Gasteiger charge is 2.41. The van der Waals surface area contributed by atoms with Crippen molar-refractivity contribution in [1.82, 2.24) is 0 Å². The van der Waals surface area contributed by atoms with Gasteiger partial charge in [-0.05, 0) is 38.3 Å². The van der Waals surface area contributed by atoms with Gasteiger partial charge in [-0.3, -0.25) is 9.59 Å². The lowest BCUT2D eigenvalue weighted by molar-refractivity contribution is -0.168. The molecule has 0 heterocycles. The van der Waals surface area contributed by atoms with Crippen LogP contribution in [0.3, 0.4) is 0 Å². The molecule has 0 saturated heterocycles. The van der Waals surface area contributed by atoms with Gasteiger partial charge in [-0.1, -0.05) is 60.7 Å². The summed E-state index contributed by atoms with van der Waals surface area (Å²) in [5, 5.41) is 0. The Morgan fingerprint density at radius 2 is 1.42 bits per heavy atom. The summed E-state index contributed by atoms with van der Waals surface area (Å²) in [7, 11) is 0. The number of hydrogen-bond donors (Lipinski definition) is 0. The van der Waals surface area contributed by atoms with E-state index in [4.69, 9.17) is 9.47 Å². The number of esters is 2. The normalized spacial score (nSPS) is 13.9. The average Bonchev–Trinajstić information content (AvgIpc) is 2.68. The van der Waals surface area contributed by atoms with Gasteiger partial charge in [0.05, 0.1) is 11.8 Å². The molecule has 2 aromatic carbocycles. The number of benzene rings is 2. The molecule has 2 rings (SSSR count). The fourth-order valence-electron chi connectivity index (χ4n) is 3.13. The van der Waals surface area contributed by atoms with Gasteiger partial charge in [-0.15, -0.1) is 0 Å². The number of carbonyl (C=O) groups is 2. The van der Waals surface area contributed by atoms with Gasteiger partial charge in [0.15, 0.2) is 0 Å². The number of rotatable bonds is 8. The number of halogens is 3. The van der Waals surface area contributed by atoms with Crippen LogP contribution < -0.4 is 0 Å². The Morgan fingerprint density at radius 3 is 1.94 bits per heavy atom. The van der Waals surface area contributed by atoms with E-state index >= 15 is 0 Å². The van der Waals surface area contributed by atoms with Crippen molar-refractivity contribution in [3.8, 4) is 0 Å². The van der Waals surface area contributed by atoms with Crippen LogP contribution in [0.15, 0.2) is 60.7 Å². The first kappa shape index (κ1) is 24.4. The summed E-state index contributed by atoms with van der Waals surface area (Å²) in [6.45, 7) is 4.88. The SMILES string of the molecule is CC(C)(C)OC(=O)[C@@H](c1ccccc1)[C@@H](CCC(F)(F)F)C(=O)OCc1ccccc1. The first-order valence-corrected chi connectivity index (χ1v) is 10.0. The van der Waals surface area contributed by atoms with Crippen molar-refractivity contribution >= 4 is 11.9 Å². The third-order valence-electron chi connectivity index (χ3n) is 4.49. The van der Waals surface area contributed by atoms with E-state index in [2.05, 4.69) is 0 Å². The third-order valence-corrected chi connectivity index (χ3v) is 4.49. The van der Waals surface area contributed by atoms with Crippen LogP contribution in [-0.4, -0.2) is 23.7 Å². The van der Waals surface area contributed by atoms with Gasteiger partial charge in [-0.2, -0.15) is 13.2 Å². The molecule has 31 heavy (non-hydrogen) atoms. The minimum absolute atomic E-state index is 0.0992. The molecule has 4 nitrogen and oxygen atoms in total. The third kappa shape index (κ3) is 8.44. The lowest BCUT2D eigenvalue weighted by atomic mass is 9.82. The van der Waals surface area contributed by atoms with Gasteiger partial charge in [0.2, 0.25) is 0 Å². The molecular formula is C24H27F3O4. The molecule has 0 bridgehead atoms. The summed E-state index contributed by atoms with van der Waals surface area (Å²) >= 11 is 0. The van der Waals surface area contributed by atoms with Gasteiger partial charge in [0.25, 0.3) is 0 Å². The predicted octanol–water partition coefficient (Wildman–Crippen LogP) is 5.81. The summed E-state index contributed by atoms with van der Waals surface area (Å²) < 4.78 is 49.8. The molecule has 0 fully saturated rings. The molecular weight excluding hydrogens is 409 g/mol. The van der Waals surface area contributed by atoms with Crippen LogP contribution in [-0.2, 0) is 25.7 Å². The number of ether oxygens (including phenoxy) is 2. The molecule has 2 atom stereocenters. The predicted molar refractivity (Wildman–Crippen MR) is 110 cm³/mol. The Morgan fingerprint density at radius 1 is 0.871 bits per heavy atom. The van der Waals surface area contributed by atoms with Crippen molar-refractivity contribution in [1.29, 1.82) is 0 Å². The van der Waals surface area contributed by atoms with Crippen molar-refractivity contribution < 1.29 is 32.2 Å². The molecule has 0 spiro atoms. The fraction of sp³-hybridized carbons (Fsp3) is 0.417. The van der Waals surface area contributed by atoms with Crippen molar-refractivity contribution in [3.63, 3.8) is 0 Å². The summed E-state index contributed by atoms with van der Waals surface area (Å²) in [6, 6.07) is 17.0. The lowest BCUT2D eigenvalue weighted by Gasteiger charge is -2.29. The standard InChI is InChI=1S/C24H27F3O4/c1-23(2,3)31-22(29)20(18-12-8-5-9-13-18)19(14-15-24(25,26)27)21(28)30-16-17-10-6-4-7-11-17/h4-13,19-20H,14-16H2,1-3H3/t19-,20+/m1/s1. The summed E-state index contributed by atoms with van der Waals surface area (Å²) in [5.41, 5.74) is 0.228. The van der Waals surface area contributed by atoms with Crippen LogP contribution in [0.5, 0.6) is 0 Å². The molecule has 168 valence electrons. The first-order chi connectivity index (χ1) is 14.5. The molecule has 0 amide bonds. The van der Waals surface area contributed by atoms with E-state index in [0.29, 0.717) is 11.1 Å². The fourth-order valence-corrected chi connectivity index (χ4v) is 3.13. The van der Waals surface area contributed by atoms with E-state index in [0.717, 1.165) is 0 Å². The zero-order valence-corrected chi connectivity index (χ0v) is 17.8. The quantitative estimate of drug-likeness (QED) is 0.490. The Bertz CT molecular complexity index is 843. The van der Waals surface area contributed by atoms with Crippen LogP contribution in [0.25, 0.3) is 0 Å². The second kappa shape index (κ2) is 10.5. The second-order valence-electron chi connectivity index (χ2n) is 8.28. The number of hydrogen-bond acceptors (Lipinski definition) is 4. The summed E-state index contributed by atoms with van der Waals surface area (Å²) in [6.07, 6.45) is -6.28. The van der Waals surface area contributed by atoms with Gasteiger partial charge in [0.1, 0.15) is 12.2 Å². The Kier molecular flexibility index (Phi) is 8.25. The van der Waals surface area contributed by atoms with E-state index in [1.54, 1.807) is 81.4 Å². The maximum absolute atomic E-state index is 13.0. The largest absolute Gasteiger partial charge is 0.461 e. The van der Waals surface area contributed by atoms with Crippen molar-refractivity contribution in [3.05, 3.63) is 71.8 Å². The van der Waals surface area contributed by atoms with Crippen LogP contribution in [0.2, 0.25) is 0 Å². The van der Waals surface area contributed by atoms with E-state index < -0.39 is 48.4 Å². The maximum Gasteiger partial charge on any atom is 0.389 e. The smallest absolute Gasteiger partial charge is 0.389 e. The van der Waals surface area contributed by atoms with E-state index in [9.17, 15) is 22.8 Å². The number of carbonyl (C=O) groups excluding carboxylic acids is 2. The second-order valence-corrected chi connectivity index (χ2v) is 8.28. The molecule has 0 unspecified atom stereocenters. The molecule has 0 aromatic heterocycles. The molecule has 0 saturated carbocycles. The van der Waals surface area contributed by atoms with Gasteiger partial charge < -0.3 is 9.47 Å². The van der Waals surface area contributed by atoms with Crippen molar-refractivity contribution in [2.75, 3.05) is 0 Å². The van der Waals surface area contributed by atoms with Crippen molar-refractivity contribution in [2.45, 2.75) is 57.9 Å². The zero-order valence-electron chi connectivity index (χ0n) is 17.8. The Balaban J connectivity index is 2.34. The van der Waals surface area contributed by atoms with E-state index in [1.807, 2.05) is 0 Å². The van der Waals surface area contributed by atoms with E-state index in [-0.39, 0.29) is 6.61 Å². The van der Waals surface area contributed by atoms with Gasteiger partial charge in [-0.25, -0.2) is 0 Å². The maximum atomic E-state index is 13.0. The van der Waals surface area contributed by atoms with Crippen LogP contribution >= 0.6 is 0 Å². The molecule has 2 aromatic rings. The molecule has 0 aliphatic carbocycles. The first-order valence-electron chi connectivity index (χ1n) is 10.0. The van der Waals surface area contributed by atoms with Crippen LogP contribution in [0, 0.1) is 5.92 Å². The van der Waals surface area contributed by atoms with Crippen LogP contribution in [0.1, 0.15) is 50.7 Å². The summed E-state index contributed by atoms with van der Waals surface area (Å²) in [4.78, 5) is 25.9. The van der Waals surface area contributed by atoms with Gasteiger partial charge >= 0.3 is 18.1 Å². The lowest BCUT2D eigenvalue weighted by Crippen LogP contribution is -2.35. The molecule has 7 heteroatoms. The van der Waals surface area contributed by atoms with Crippen molar-refractivity contribution in [2.24, 2.45) is 5.92 Å². The molecule has 0 radical (unpaired) electrons. The summed E-state index contributed by atoms with van der Waals surface area (Å²) in [5.74, 6) is -4.19. The zero-order chi connectivity index (χ0) is 23.1. The highest BCUT2D eigenvalue weighted by molar-refractivity contribution is 5.86. The Labute approximate surface area is 180 Å². The minimum Gasteiger partial charge on any atom is -0.461 e. The van der Waals surface area contributed by atoms with Crippen LogP contribution in [0.4, 0.5) is 13.2 Å². The topological polar surface area (TPSA) is 52.6 Å². The van der Waals surface area contributed by atoms with Gasteiger partial charge in [0, 0.05) is 6.42 Å². The monoisotopic (exact) mass is 436 g/mol. The van der Waals surface area contributed by atoms with E-state index in [1.165, 1.54) is 0 Å². The highest BCUT2D eigenvalue weighted by Crippen LogP contribution is 2.35. The number of alkyl halides is 3. The minimum atomic E-state index is -4.48. The molecule has 0 aliphatic rings. The Hall–Kier alpha value is -2.83. The highest BCUT2D eigenvalue weighted by atomic mass is 19.4. The average molecular weight is 436 g/mol. The molecule has 0 aliphatic heterocycles. The molecule has 0 N–H and O–H groups in total.